The van der Waals surface area contributed by atoms with Gasteiger partial charge in [0.05, 0.1) is 18.2 Å². The number of aromatic nitrogens is 5. The molecule has 110 valence electrons. The predicted octanol–water partition coefficient (Wildman–Crippen LogP) is 2.10. The average Bonchev–Trinajstić information content (AvgIpc) is 3.08. The maximum Gasteiger partial charge on any atom is 0.163 e. The van der Waals surface area contributed by atoms with Gasteiger partial charge in [0.2, 0.25) is 0 Å². The van der Waals surface area contributed by atoms with Gasteiger partial charge >= 0.3 is 0 Å². The Hall–Kier alpha value is -3.09. The number of rotatable bonds is 2. The number of nitrogens with zero attached hydrogens (tertiary/aromatic N) is 4. The zero-order chi connectivity index (χ0) is 15.3. The van der Waals surface area contributed by atoms with Crippen LogP contribution in [0.4, 0.5) is 5.82 Å². The van der Waals surface area contributed by atoms with E-state index in [1.165, 1.54) is 6.33 Å². The number of anilines is 1. The number of fused-ring (bicyclic) bond motifs is 2. The summed E-state index contributed by atoms with van der Waals surface area (Å²) in [4.78, 5) is 11.7. The van der Waals surface area contributed by atoms with Crippen LogP contribution in [0, 0.1) is 0 Å². The van der Waals surface area contributed by atoms with E-state index >= 15 is 0 Å². The molecular weight excluding hydrogens is 280 g/mol. The van der Waals surface area contributed by atoms with Crippen LogP contribution in [0.15, 0.2) is 30.6 Å². The van der Waals surface area contributed by atoms with Gasteiger partial charge < -0.3 is 15.5 Å². The smallest absolute Gasteiger partial charge is 0.163 e. The minimum atomic E-state index is 0.421. The molecule has 4 rings (SSSR count). The molecule has 0 amide bonds. The first-order chi connectivity index (χ1) is 10.7. The SMILES string of the molecule is COc1ccc2[nH]c(-c3nn(C)c4ncnc(N)c34)cc2c1. The topological polar surface area (TPSA) is 94.6 Å². The van der Waals surface area contributed by atoms with Crippen molar-refractivity contribution >= 4 is 27.8 Å². The molecule has 0 radical (unpaired) electrons. The average molecular weight is 294 g/mol. The van der Waals surface area contributed by atoms with Gasteiger partial charge in [0.15, 0.2) is 5.65 Å². The number of methoxy groups -OCH3 is 1. The second-order valence-corrected chi connectivity index (χ2v) is 5.07. The summed E-state index contributed by atoms with van der Waals surface area (Å²) in [6, 6.07) is 7.88. The van der Waals surface area contributed by atoms with Gasteiger partial charge in [-0.25, -0.2) is 14.6 Å². The minimum absolute atomic E-state index is 0.421. The molecule has 0 atom stereocenters. The summed E-state index contributed by atoms with van der Waals surface area (Å²) in [6.07, 6.45) is 1.44. The van der Waals surface area contributed by atoms with E-state index in [4.69, 9.17) is 10.5 Å². The predicted molar refractivity (Wildman–Crippen MR) is 84.6 cm³/mol. The zero-order valence-corrected chi connectivity index (χ0v) is 12.2. The molecule has 1 aromatic carbocycles. The van der Waals surface area contributed by atoms with Crippen LogP contribution in [-0.2, 0) is 7.05 Å². The molecule has 0 aliphatic carbocycles. The molecule has 0 saturated carbocycles. The lowest BCUT2D eigenvalue weighted by Gasteiger charge is -1.97. The highest BCUT2D eigenvalue weighted by molar-refractivity contribution is 5.99. The fraction of sp³-hybridized carbons (Fsp3) is 0.133. The molecule has 0 fully saturated rings. The number of nitrogens with two attached hydrogens (primary N) is 1. The van der Waals surface area contributed by atoms with Crippen LogP contribution in [0.25, 0.3) is 33.3 Å². The molecule has 3 N–H and O–H groups in total. The molecule has 3 aromatic heterocycles. The summed E-state index contributed by atoms with van der Waals surface area (Å²) in [5.41, 5.74) is 9.33. The third kappa shape index (κ3) is 1.72. The summed E-state index contributed by atoms with van der Waals surface area (Å²) in [6.45, 7) is 0. The van der Waals surface area contributed by atoms with E-state index in [0.717, 1.165) is 33.4 Å². The van der Waals surface area contributed by atoms with Crippen LogP contribution in [0.5, 0.6) is 5.75 Å². The Labute approximate surface area is 125 Å². The van der Waals surface area contributed by atoms with Gasteiger partial charge in [0.25, 0.3) is 0 Å². The third-order valence-corrected chi connectivity index (χ3v) is 3.73. The van der Waals surface area contributed by atoms with E-state index in [1.807, 2.05) is 31.3 Å². The number of benzene rings is 1. The maximum absolute atomic E-state index is 6.01. The molecule has 0 aliphatic rings. The monoisotopic (exact) mass is 294 g/mol. The molecule has 7 heteroatoms. The Morgan fingerprint density at radius 1 is 1.23 bits per heavy atom. The van der Waals surface area contributed by atoms with E-state index in [0.29, 0.717) is 11.5 Å². The summed E-state index contributed by atoms with van der Waals surface area (Å²) >= 11 is 0. The first-order valence-corrected chi connectivity index (χ1v) is 6.77. The lowest BCUT2D eigenvalue weighted by Crippen LogP contribution is -1.95. The molecule has 3 heterocycles. The highest BCUT2D eigenvalue weighted by Crippen LogP contribution is 2.32. The Balaban J connectivity index is 1.99. The van der Waals surface area contributed by atoms with Gasteiger partial charge in [-0.1, -0.05) is 0 Å². The standard InChI is InChI=1S/C15H14N6O/c1-21-15-12(14(16)17-7-18-15)13(20-21)11-6-8-5-9(22-2)3-4-10(8)19-11/h3-7,19H,1-2H3,(H2,16,17,18). The summed E-state index contributed by atoms with van der Waals surface area (Å²) in [5, 5.41) is 6.33. The summed E-state index contributed by atoms with van der Waals surface area (Å²) in [7, 11) is 3.49. The molecule has 7 nitrogen and oxygen atoms in total. The van der Waals surface area contributed by atoms with Crippen molar-refractivity contribution in [2.45, 2.75) is 0 Å². The quantitative estimate of drug-likeness (QED) is 0.590. The van der Waals surface area contributed by atoms with Gasteiger partial charge in [-0.15, -0.1) is 0 Å². The van der Waals surface area contributed by atoms with Crippen molar-refractivity contribution in [2.75, 3.05) is 12.8 Å². The number of nitrogen functional groups attached to an aromatic ring is 1. The molecule has 0 bridgehead atoms. The number of aryl methyl sites for hydroxylation is 1. The van der Waals surface area contributed by atoms with Crippen LogP contribution in [0.2, 0.25) is 0 Å². The largest absolute Gasteiger partial charge is 0.497 e. The van der Waals surface area contributed by atoms with Crippen LogP contribution in [0.3, 0.4) is 0 Å². The van der Waals surface area contributed by atoms with E-state index in [-0.39, 0.29) is 0 Å². The van der Waals surface area contributed by atoms with Gasteiger partial charge in [-0.05, 0) is 24.3 Å². The maximum atomic E-state index is 6.01. The fourth-order valence-electron chi connectivity index (χ4n) is 2.66. The van der Waals surface area contributed by atoms with Crippen molar-refractivity contribution in [1.82, 2.24) is 24.7 Å². The Morgan fingerprint density at radius 3 is 2.91 bits per heavy atom. The van der Waals surface area contributed by atoms with E-state index < -0.39 is 0 Å². The Kier molecular flexibility index (Phi) is 2.56. The van der Waals surface area contributed by atoms with Crippen molar-refractivity contribution < 1.29 is 4.74 Å². The van der Waals surface area contributed by atoms with Gasteiger partial charge in [0, 0.05) is 18.0 Å². The highest BCUT2D eigenvalue weighted by Gasteiger charge is 2.17. The second kappa shape index (κ2) is 4.45. The van der Waals surface area contributed by atoms with Crippen molar-refractivity contribution in [3.8, 4) is 17.1 Å². The van der Waals surface area contributed by atoms with Gasteiger partial charge in [-0.3, -0.25) is 0 Å². The normalized spacial score (nSPS) is 11.4. The molecule has 0 spiro atoms. The van der Waals surface area contributed by atoms with E-state index in [2.05, 4.69) is 20.1 Å². The minimum Gasteiger partial charge on any atom is -0.497 e. The van der Waals surface area contributed by atoms with Crippen molar-refractivity contribution in [1.29, 1.82) is 0 Å². The van der Waals surface area contributed by atoms with Crippen molar-refractivity contribution in [3.05, 3.63) is 30.6 Å². The highest BCUT2D eigenvalue weighted by atomic mass is 16.5. The van der Waals surface area contributed by atoms with E-state index in [1.54, 1.807) is 11.8 Å². The van der Waals surface area contributed by atoms with Crippen LogP contribution in [-0.4, -0.2) is 31.8 Å². The molecule has 0 saturated heterocycles. The molecular formula is C15H14N6O. The van der Waals surface area contributed by atoms with Crippen molar-refractivity contribution in [3.63, 3.8) is 0 Å². The molecule has 0 aliphatic heterocycles. The fourth-order valence-corrected chi connectivity index (χ4v) is 2.66. The van der Waals surface area contributed by atoms with Crippen LogP contribution < -0.4 is 10.5 Å². The summed E-state index contributed by atoms with van der Waals surface area (Å²) < 4.78 is 6.96. The van der Waals surface area contributed by atoms with Gasteiger partial charge in [0.1, 0.15) is 23.6 Å². The number of hydrogen-bond donors (Lipinski definition) is 2. The Bertz CT molecular complexity index is 1000. The van der Waals surface area contributed by atoms with Gasteiger partial charge in [-0.2, -0.15) is 5.10 Å². The summed E-state index contributed by atoms with van der Waals surface area (Å²) in [5.74, 6) is 1.23. The number of aromatic amines is 1. The molecule has 22 heavy (non-hydrogen) atoms. The van der Waals surface area contributed by atoms with Crippen molar-refractivity contribution in [2.24, 2.45) is 7.05 Å². The zero-order valence-electron chi connectivity index (χ0n) is 12.2. The number of H-pyrrole nitrogens is 1. The van der Waals surface area contributed by atoms with Crippen LogP contribution in [0.1, 0.15) is 0 Å². The Morgan fingerprint density at radius 2 is 2.09 bits per heavy atom. The van der Waals surface area contributed by atoms with Crippen LogP contribution >= 0.6 is 0 Å². The number of hydrogen-bond acceptors (Lipinski definition) is 5. The third-order valence-electron chi connectivity index (χ3n) is 3.73. The van der Waals surface area contributed by atoms with E-state index in [9.17, 15) is 0 Å². The molecule has 0 unspecified atom stereocenters. The second-order valence-electron chi connectivity index (χ2n) is 5.07. The number of ether oxygens (including phenoxy) is 1. The number of nitrogens with one attached hydrogen (secondary N) is 1. The first-order valence-electron chi connectivity index (χ1n) is 6.77. The molecule has 4 aromatic rings. The lowest BCUT2D eigenvalue weighted by atomic mass is 10.2. The lowest BCUT2D eigenvalue weighted by molar-refractivity contribution is 0.415. The first kappa shape index (κ1) is 12.6.